The number of methoxy groups -OCH3 is 2. The van der Waals surface area contributed by atoms with E-state index in [4.69, 9.17) is 9.47 Å². The molecule has 0 fully saturated rings. The molecule has 2 aromatic carbocycles. The molecule has 0 amide bonds. The van der Waals surface area contributed by atoms with E-state index in [1.165, 1.54) is 0 Å². The van der Waals surface area contributed by atoms with Crippen LogP contribution in [0.3, 0.4) is 0 Å². The van der Waals surface area contributed by atoms with Gasteiger partial charge in [0.1, 0.15) is 0 Å². The van der Waals surface area contributed by atoms with Crippen LogP contribution in [-0.4, -0.2) is 25.8 Å². The second kappa shape index (κ2) is 5.83. The number of hydrogen-bond donors (Lipinski definition) is 0. The average Bonchev–Trinajstić information content (AvgIpc) is 2.53. The fourth-order valence-electron chi connectivity index (χ4n) is 2.94. The maximum atomic E-state index is 12.9. The lowest BCUT2D eigenvalue weighted by molar-refractivity contribution is 0.0971. The summed E-state index contributed by atoms with van der Waals surface area (Å²) in [5.74, 6) is -0.259. The lowest BCUT2D eigenvalue weighted by Gasteiger charge is -2.22. The van der Waals surface area contributed by atoms with Crippen molar-refractivity contribution in [1.29, 1.82) is 0 Å². The van der Waals surface area contributed by atoms with Crippen molar-refractivity contribution < 1.29 is 19.1 Å². The van der Waals surface area contributed by atoms with Crippen LogP contribution in [0.5, 0.6) is 0 Å². The standard InChI is InChI=1S/C18H16O4/c1-21-9-11-5-3-7-13-15(11)17(19)14-8-4-6-12(10-22-2)16(14)18(13)20/h3-8H,9-10H2,1-2H3. The minimum absolute atomic E-state index is 0.129. The first kappa shape index (κ1) is 14.6. The lowest BCUT2D eigenvalue weighted by atomic mass is 9.80. The predicted octanol–water partition coefficient (Wildman–Crippen LogP) is 2.75. The fraction of sp³-hybridized carbons (Fsp3) is 0.222. The molecule has 3 rings (SSSR count). The summed E-state index contributed by atoms with van der Waals surface area (Å²) < 4.78 is 10.3. The Kier molecular flexibility index (Phi) is 3.88. The number of hydrogen-bond acceptors (Lipinski definition) is 4. The van der Waals surface area contributed by atoms with E-state index in [-0.39, 0.29) is 11.6 Å². The molecular formula is C18H16O4. The highest BCUT2D eigenvalue weighted by Gasteiger charge is 2.32. The van der Waals surface area contributed by atoms with Gasteiger partial charge in [-0.25, -0.2) is 0 Å². The van der Waals surface area contributed by atoms with E-state index < -0.39 is 0 Å². The predicted molar refractivity (Wildman–Crippen MR) is 81.2 cm³/mol. The molecule has 112 valence electrons. The summed E-state index contributed by atoms with van der Waals surface area (Å²) in [5, 5.41) is 0. The van der Waals surface area contributed by atoms with Crippen molar-refractivity contribution in [3.63, 3.8) is 0 Å². The van der Waals surface area contributed by atoms with Crippen LogP contribution in [0.25, 0.3) is 0 Å². The summed E-state index contributed by atoms with van der Waals surface area (Å²) in [7, 11) is 3.14. The van der Waals surface area contributed by atoms with Crippen molar-refractivity contribution in [2.75, 3.05) is 14.2 Å². The Morgan fingerprint density at radius 2 is 1.14 bits per heavy atom. The second-order valence-electron chi connectivity index (χ2n) is 5.20. The van der Waals surface area contributed by atoms with Crippen LogP contribution in [0.4, 0.5) is 0 Å². The summed E-state index contributed by atoms with van der Waals surface area (Å²) >= 11 is 0. The number of ketones is 2. The number of benzene rings is 2. The topological polar surface area (TPSA) is 52.6 Å². The average molecular weight is 296 g/mol. The smallest absolute Gasteiger partial charge is 0.194 e. The van der Waals surface area contributed by atoms with Gasteiger partial charge in [-0.1, -0.05) is 36.4 Å². The van der Waals surface area contributed by atoms with Gasteiger partial charge in [0, 0.05) is 36.5 Å². The normalized spacial score (nSPS) is 13.0. The van der Waals surface area contributed by atoms with Crippen LogP contribution >= 0.6 is 0 Å². The first-order chi connectivity index (χ1) is 10.7. The minimum atomic E-state index is -0.129. The van der Waals surface area contributed by atoms with Gasteiger partial charge in [0.05, 0.1) is 13.2 Å². The van der Waals surface area contributed by atoms with Gasteiger partial charge in [0.2, 0.25) is 0 Å². The molecular weight excluding hydrogens is 280 g/mol. The van der Waals surface area contributed by atoms with Crippen molar-refractivity contribution in [3.05, 3.63) is 69.8 Å². The molecule has 0 N–H and O–H groups in total. The van der Waals surface area contributed by atoms with Gasteiger partial charge in [-0.3, -0.25) is 9.59 Å². The third-order valence-electron chi connectivity index (χ3n) is 3.84. The van der Waals surface area contributed by atoms with Crippen LogP contribution in [-0.2, 0) is 22.7 Å². The molecule has 0 unspecified atom stereocenters. The molecule has 0 spiro atoms. The molecule has 22 heavy (non-hydrogen) atoms. The quantitative estimate of drug-likeness (QED) is 0.743. The molecule has 2 aromatic rings. The van der Waals surface area contributed by atoms with Crippen LogP contribution in [0.2, 0.25) is 0 Å². The molecule has 0 radical (unpaired) electrons. The molecule has 0 heterocycles. The summed E-state index contributed by atoms with van der Waals surface area (Å²) in [6, 6.07) is 10.6. The first-order valence-corrected chi connectivity index (χ1v) is 7.00. The zero-order chi connectivity index (χ0) is 15.7. The van der Waals surface area contributed by atoms with Gasteiger partial charge in [-0.2, -0.15) is 0 Å². The molecule has 4 heteroatoms. The van der Waals surface area contributed by atoms with Gasteiger partial charge in [-0.05, 0) is 11.1 Å². The Balaban J connectivity index is 2.23. The Bertz CT molecular complexity index is 696. The third kappa shape index (κ3) is 2.17. The zero-order valence-electron chi connectivity index (χ0n) is 12.5. The van der Waals surface area contributed by atoms with E-state index in [2.05, 4.69) is 0 Å². The number of carbonyl (C=O) groups excluding carboxylic acids is 2. The maximum Gasteiger partial charge on any atom is 0.194 e. The molecule has 4 nitrogen and oxygen atoms in total. The van der Waals surface area contributed by atoms with Gasteiger partial charge in [0.25, 0.3) is 0 Å². The molecule has 1 aliphatic carbocycles. The number of rotatable bonds is 4. The highest BCUT2D eigenvalue weighted by atomic mass is 16.5. The van der Waals surface area contributed by atoms with Crippen LogP contribution in [0.1, 0.15) is 43.0 Å². The van der Waals surface area contributed by atoms with Crippen molar-refractivity contribution in [3.8, 4) is 0 Å². The monoisotopic (exact) mass is 296 g/mol. The molecule has 0 saturated carbocycles. The van der Waals surface area contributed by atoms with E-state index >= 15 is 0 Å². The SMILES string of the molecule is COCc1cccc2c1C(=O)c1cccc(COC)c1C2=O. The summed E-state index contributed by atoms with van der Waals surface area (Å²) in [6.45, 7) is 0.602. The van der Waals surface area contributed by atoms with Crippen molar-refractivity contribution in [1.82, 2.24) is 0 Å². The van der Waals surface area contributed by atoms with Crippen LogP contribution in [0, 0.1) is 0 Å². The Labute approximate surface area is 128 Å². The second-order valence-corrected chi connectivity index (χ2v) is 5.20. The molecule has 1 aliphatic rings. The fourth-order valence-corrected chi connectivity index (χ4v) is 2.94. The Hall–Kier alpha value is -2.30. The molecule has 0 aromatic heterocycles. The highest BCUT2D eigenvalue weighted by molar-refractivity contribution is 6.29. The van der Waals surface area contributed by atoms with Crippen molar-refractivity contribution in [2.24, 2.45) is 0 Å². The van der Waals surface area contributed by atoms with Crippen LogP contribution < -0.4 is 0 Å². The number of fused-ring (bicyclic) bond motifs is 2. The highest BCUT2D eigenvalue weighted by Crippen LogP contribution is 2.32. The van der Waals surface area contributed by atoms with E-state index in [0.717, 1.165) is 11.1 Å². The third-order valence-corrected chi connectivity index (χ3v) is 3.84. The van der Waals surface area contributed by atoms with E-state index in [9.17, 15) is 9.59 Å². The zero-order valence-corrected chi connectivity index (χ0v) is 12.5. The number of ether oxygens (including phenoxy) is 2. The van der Waals surface area contributed by atoms with Gasteiger partial charge >= 0.3 is 0 Å². The molecule has 0 atom stereocenters. The maximum absolute atomic E-state index is 12.9. The number of carbonyl (C=O) groups is 2. The first-order valence-electron chi connectivity index (χ1n) is 7.00. The van der Waals surface area contributed by atoms with Crippen LogP contribution in [0.15, 0.2) is 36.4 Å². The largest absolute Gasteiger partial charge is 0.380 e. The minimum Gasteiger partial charge on any atom is -0.380 e. The Morgan fingerprint density at radius 1 is 0.727 bits per heavy atom. The van der Waals surface area contributed by atoms with Gasteiger partial charge in [-0.15, -0.1) is 0 Å². The molecule has 0 bridgehead atoms. The summed E-state index contributed by atoms with van der Waals surface area (Å²) in [4.78, 5) is 25.7. The van der Waals surface area contributed by atoms with Crippen molar-refractivity contribution >= 4 is 11.6 Å². The van der Waals surface area contributed by atoms with Crippen molar-refractivity contribution in [2.45, 2.75) is 13.2 Å². The van der Waals surface area contributed by atoms with E-state index in [0.29, 0.717) is 35.5 Å². The van der Waals surface area contributed by atoms with Gasteiger partial charge < -0.3 is 9.47 Å². The summed E-state index contributed by atoms with van der Waals surface area (Å²) in [5.41, 5.74) is 3.27. The molecule has 0 saturated heterocycles. The van der Waals surface area contributed by atoms with Gasteiger partial charge in [0.15, 0.2) is 11.6 Å². The lowest BCUT2D eigenvalue weighted by Crippen LogP contribution is -2.24. The van der Waals surface area contributed by atoms with E-state index in [1.807, 2.05) is 12.1 Å². The van der Waals surface area contributed by atoms with E-state index in [1.54, 1.807) is 38.5 Å². The molecule has 0 aliphatic heterocycles. The summed E-state index contributed by atoms with van der Waals surface area (Å²) in [6.07, 6.45) is 0. The Morgan fingerprint density at radius 3 is 1.50 bits per heavy atom.